The van der Waals surface area contributed by atoms with Crippen LogP contribution in [0.2, 0.25) is 5.02 Å². The van der Waals surface area contributed by atoms with E-state index in [0.29, 0.717) is 16.3 Å². The van der Waals surface area contributed by atoms with Crippen LogP contribution in [-0.4, -0.2) is 36.7 Å². The van der Waals surface area contributed by atoms with Gasteiger partial charge >= 0.3 is 17.9 Å². The minimum atomic E-state index is -1.27. The van der Waals surface area contributed by atoms with Crippen molar-refractivity contribution in [2.45, 2.75) is 19.8 Å². The number of hydrogen-bond donors (Lipinski definition) is 2. The SMILES string of the molecule is COC(=O)C1=C(C)NC(COC(C)=O)=C(C(=O)O)C1c1ccccc1Cl. The number of ether oxygens (including phenoxy) is 2. The minimum absolute atomic E-state index is 0.129. The Balaban J connectivity index is 2.70. The molecule has 1 aromatic rings. The Labute approximate surface area is 155 Å². The maximum Gasteiger partial charge on any atom is 0.336 e. The zero-order chi connectivity index (χ0) is 19.4. The van der Waals surface area contributed by atoms with E-state index in [9.17, 15) is 19.5 Å². The van der Waals surface area contributed by atoms with Gasteiger partial charge in [0, 0.05) is 17.6 Å². The predicted molar refractivity (Wildman–Crippen MR) is 93.3 cm³/mol. The van der Waals surface area contributed by atoms with E-state index in [1.54, 1.807) is 31.2 Å². The number of benzene rings is 1. The summed E-state index contributed by atoms with van der Waals surface area (Å²) in [6, 6.07) is 6.64. The summed E-state index contributed by atoms with van der Waals surface area (Å²) in [5.41, 5.74) is 1.000. The van der Waals surface area contributed by atoms with Crippen molar-refractivity contribution in [1.82, 2.24) is 5.32 Å². The first-order valence-electron chi connectivity index (χ1n) is 7.68. The minimum Gasteiger partial charge on any atom is -0.478 e. The monoisotopic (exact) mass is 379 g/mol. The smallest absolute Gasteiger partial charge is 0.336 e. The molecule has 0 saturated heterocycles. The van der Waals surface area contributed by atoms with Crippen molar-refractivity contribution in [1.29, 1.82) is 0 Å². The molecule has 0 amide bonds. The second kappa shape index (κ2) is 8.05. The first kappa shape index (κ1) is 19.5. The van der Waals surface area contributed by atoms with E-state index in [4.69, 9.17) is 21.1 Å². The number of nitrogens with one attached hydrogen (secondary N) is 1. The van der Waals surface area contributed by atoms with Gasteiger partial charge in [0.25, 0.3) is 0 Å². The molecule has 8 heteroatoms. The Morgan fingerprint density at radius 3 is 2.42 bits per heavy atom. The number of carboxylic acid groups (broad SMARTS) is 1. The number of esters is 2. The summed E-state index contributed by atoms with van der Waals surface area (Å²) in [6.45, 7) is 2.56. The average Bonchev–Trinajstić information content (AvgIpc) is 2.58. The number of hydrogen-bond acceptors (Lipinski definition) is 6. The van der Waals surface area contributed by atoms with Crippen LogP contribution in [0.3, 0.4) is 0 Å². The first-order chi connectivity index (χ1) is 12.3. The Bertz CT molecular complexity index is 827. The molecular weight excluding hydrogens is 362 g/mol. The summed E-state index contributed by atoms with van der Waals surface area (Å²) in [5.74, 6) is -3.47. The van der Waals surface area contributed by atoms with E-state index in [1.165, 1.54) is 14.0 Å². The van der Waals surface area contributed by atoms with Crippen LogP contribution in [0.15, 0.2) is 46.8 Å². The van der Waals surface area contributed by atoms with Gasteiger partial charge in [-0.3, -0.25) is 4.79 Å². The lowest BCUT2D eigenvalue weighted by molar-refractivity contribution is -0.141. The van der Waals surface area contributed by atoms with Crippen molar-refractivity contribution in [3.05, 3.63) is 57.4 Å². The van der Waals surface area contributed by atoms with Gasteiger partial charge in [0.1, 0.15) is 6.61 Å². The Kier molecular flexibility index (Phi) is 6.05. The zero-order valence-corrected chi connectivity index (χ0v) is 15.2. The van der Waals surface area contributed by atoms with Crippen LogP contribution in [0.25, 0.3) is 0 Å². The molecule has 1 heterocycles. The molecule has 1 aliphatic rings. The van der Waals surface area contributed by atoms with Crippen LogP contribution in [-0.2, 0) is 23.9 Å². The Morgan fingerprint density at radius 1 is 1.23 bits per heavy atom. The van der Waals surface area contributed by atoms with Gasteiger partial charge in [-0.1, -0.05) is 29.8 Å². The molecule has 138 valence electrons. The zero-order valence-electron chi connectivity index (χ0n) is 14.5. The van der Waals surface area contributed by atoms with E-state index in [0.717, 1.165) is 0 Å². The lowest BCUT2D eigenvalue weighted by Crippen LogP contribution is -2.34. The molecule has 1 atom stereocenters. The van der Waals surface area contributed by atoms with Gasteiger partial charge in [-0.2, -0.15) is 0 Å². The summed E-state index contributed by atoms with van der Waals surface area (Å²) in [5, 5.41) is 12.9. The average molecular weight is 380 g/mol. The lowest BCUT2D eigenvalue weighted by atomic mass is 9.80. The highest BCUT2D eigenvalue weighted by Gasteiger charge is 2.39. The number of carboxylic acids is 1. The summed E-state index contributed by atoms with van der Waals surface area (Å²) >= 11 is 6.27. The van der Waals surface area contributed by atoms with Gasteiger partial charge < -0.3 is 19.9 Å². The normalized spacial score (nSPS) is 16.8. The molecule has 1 aliphatic heterocycles. The van der Waals surface area contributed by atoms with Crippen LogP contribution < -0.4 is 5.32 Å². The number of dihydropyridines is 1. The fourth-order valence-electron chi connectivity index (χ4n) is 2.84. The van der Waals surface area contributed by atoms with Gasteiger partial charge in [-0.15, -0.1) is 0 Å². The Morgan fingerprint density at radius 2 is 1.88 bits per heavy atom. The third-order valence-corrected chi connectivity index (χ3v) is 4.26. The molecule has 0 aliphatic carbocycles. The predicted octanol–water partition coefficient (Wildman–Crippen LogP) is 2.38. The number of allylic oxidation sites excluding steroid dienone is 1. The highest BCUT2D eigenvalue weighted by molar-refractivity contribution is 6.31. The largest absolute Gasteiger partial charge is 0.478 e. The van der Waals surface area contributed by atoms with E-state index in [2.05, 4.69) is 5.32 Å². The second-order valence-corrected chi connectivity index (χ2v) is 5.99. The van der Waals surface area contributed by atoms with E-state index >= 15 is 0 Å². The number of rotatable bonds is 5. The number of carbonyl (C=O) groups excluding carboxylic acids is 2. The number of methoxy groups -OCH3 is 1. The van der Waals surface area contributed by atoms with Crippen LogP contribution in [0.1, 0.15) is 25.3 Å². The maximum atomic E-state index is 12.3. The number of halogens is 1. The molecule has 2 rings (SSSR count). The van der Waals surface area contributed by atoms with E-state index in [-0.39, 0.29) is 23.5 Å². The van der Waals surface area contributed by atoms with Crippen LogP contribution in [0.4, 0.5) is 0 Å². The van der Waals surface area contributed by atoms with Crippen molar-refractivity contribution in [2.75, 3.05) is 13.7 Å². The molecule has 1 aromatic carbocycles. The van der Waals surface area contributed by atoms with Gasteiger partial charge in [0.05, 0.1) is 29.9 Å². The third-order valence-electron chi connectivity index (χ3n) is 3.92. The van der Waals surface area contributed by atoms with Crippen molar-refractivity contribution < 1.29 is 29.0 Å². The molecule has 0 spiro atoms. The van der Waals surface area contributed by atoms with Crippen LogP contribution >= 0.6 is 11.6 Å². The molecule has 0 aromatic heterocycles. The van der Waals surface area contributed by atoms with Gasteiger partial charge in [0.15, 0.2) is 0 Å². The molecule has 0 bridgehead atoms. The molecular formula is C18H18ClNO6. The highest BCUT2D eigenvalue weighted by atomic mass is 35.5. The molecule has 2 N–H and O–H groups in total. The molecule has 26 heavy (non-hydrogen) atoms. The second-order valence-electron chi connectivity index (χ2n) is 5.59. The van der Waals surface area contributed by atoms with Crippen LogP contribution in [0.5, 0.6) is 0 Å². The van der Waals surface area contributed by atoms with E-state index in [1.807, 2.05) is 0 Å². The third kappa shape index (κ3) is 3.88. The van der Waals surface area contributed by atoms with Crippen molar-refractivity contribution >= 4 is 29.5 Å². The molecule has 1 unspecified atom stereocenters. The fourth-order valence-corrected chi connectivity index (χ4v) is 3.08. The summed E-state index contributed by atoms with van der Waals surface area (Å²) in [6.07, 6.45) is 0. The Hall–Kier alpha value is -2.80. The number of carbonyl (C=O) groups is 3. The molecule has 7 nitrogen and oxygen atoms in total. The summed E-state index contributed by atoms with van der Waals surface area (Å²) in [7, 11) is 1.21. The first-order valence-corrected chi connectivity index (χ1v) is 8.06. The highest BCUT2D eigenvalue weighted by Crippen LogP contribution is 2.41. The van der Waals surface area contributed by atoms with Gasteiger partial charge in [-0.05, 0) is 18.6 Å². The van der Waals surface area contributed by atoms with E-state index < -0.39 is 23.8 Å². The molecule has 0 saturated carbocycles. The fraction of sp³-hybridized carbons (Fsp3) is 0.278. The topological polar surface area (TPSA) is 102 Å². The van der Waals surface area contributed by atoms with Crippen LogP contribution in [0, 0.1) is 0 Å². The van der Waals surface area contributed by atoms with Crippen molar-refractivity contribution in [2.24, 2.45) is 0 Å². The maximum absolute atomic E-state index is 12.3. The molecule has 0 fully saturated rings. The van der Waals surface area contributed by atoms with Gasteiger partial charge in [0.2, 0.25) is 0 Å². The lowest BCUT2D eigenvalue weighted by Gasteiger charge is -2.30. The van der Waals surface area contributed by atoms with Crippen molar-refractivity contribution in [3.63, 3.8) is 0 Å². The van der Waals surface area contributed by atoms with Gasteiger partial charge in [-0.25, -0.2) is 9.59 Å². The number of aliphatic carboxylic acids is 1. The molecule has 0 radical (unpaired) electrons. The summed E-state index contributed by atoms with van der Waals surface area (Å²) in [4.78, 5) is 35.5. The van der Waals surface area contributed by atoms with Crippen molar-refractivity contribution in [3.8, 4) is 0 Å². The quantitative estimate of drug-likeness (QED) is 0.757. The standard InChI is InChI=1S/C18H18ClNO6/c1-9-14(18(24)25-3)15(11-6-4-5-7-12(11)19)16(17(22)23)13(20-9)8-26-10(2)21/h4-7,15,20H,8H2,1-3H3,(H,22,23). The summed E-state index contributed by atoms with van der Waals surface area (Å²) < 4.78 is 9.78.